The number of aryl methyl sites for hydroxylation is 2. The quantitative estimate of drug-likeness (QED) is 0.837. The molecule has 1 heterocycles. The Morgan fingerprint density at radius 2 is 1.89 bits per heavy atom. The first-order chi connectivity index (χ1) is 9.00. The number of amides is 1. The molecule has 0 bridgehead atoms. The van der Waals surface area contributed by atoms with Crippen molar-refractivity contribution in [3.63, 3.8) is 0 Å². The van der Waals surface area contributed by atoms with E-state index in [0.29, 0.717) is 6.42 Å². The van der Waals surface area contributed by atoms with Gasteiger partial charge in [-0.05, 0) is 44.7 Å². The van der Waals surface area contributed by atoms with Crippen LogP contribution in [0.4, 0.5) is 0 Å². The van der Waals surface area contributed by atoms with E-state index < -0.39 is 0 Å². The summed E-state index contributed by atoms with van der Waals surface area (Å²) in [5, 5.41) is 0. The highest BCUT2D eigenvalue weighted by Gasteiger charge is 2.31. The fraction of sp³-hybridized carbons (Fsp3) is 0.500. The lowest BCUT2D eigenvalue weighted by atomic mass is 10.0. The molecule has 1 aliphatic rings. The lowest BCUT2D eigenvalue weighted by molar-refractivity contribution is -0.117. The minimum atomic E-state index is 0.0827. The van der Waals surface area contributed by atoms with E-state index in [9.17, 15) is 9.59 Å². The van der Waals surface area contributed by atoms with Crippen molar-refractivity contribution in [2.24, 2.45) is 0 Å². The van der Waals surface area contributed by atoms with Gasteiger partial charge in [-0.3, -0.25) is 9.59 Å². The van der Waals surface area contributed by atoms with Crippen molar-refractivity contribution in [2.45, 2.75) is 46.1 Å². The summed E-state index contributed by atoms with van der Waals surface area (Å²) in [7, 11) is 0. The van der Waals surface area contributed by atoms with Crippen molar-refractivity contribution in [1.29, 1.82) is 0 Å². The average Bonchev–Trinajstić information content (AvgIpc) is 2.75. The Morgan fingerprint density at radius 3 is 2.47 bits per heavy atom. The van der Waals surface area contributed by atoms with Crippen molar-refractivity contribution >= 4 is 11.7 Å². The maximum Gasteiger partial charge on any atom is 0.254 e. The largest absolute Gasteiger partial charge is 0.335 e. The van der Waals surface area contributed by atoms with Gasteiger partial charge in [0.1, 0.15) is 5.78 Å². The first-order valence-corrected chi connectivity index (χ1v) is 6.87. The van der Waals surface area contributed by atoms with E-state index in [1.807, 2.05) is 36.9 Å². The van der Waals surface area contributed by atoms with Crippen LogP contribution in [0.3, 0.4) is 0 Å². The zero-order chi connectivity index (χ0) is 14.0. The van der Waals surface area contributed by atoms with Gasteiger partial charge in [0.05, 0.1) is 0 Å². The molecular formula is C16H21NO2. The molecule has 1 saturated heterocycles. The second-order valence-corrected chi connectivity index (χ2v) is 5.47. The van der Waals surface area contributed by atoms with Crippen LogP contribution in [0.2, 0.25) is 0 Å². The fourth-order valence-electron chi connectivity index (χ4n) is 2.94. The van der Waals surface area contributed by atoms with Crippen molar-refractivity contribution in [3.05, 3.63) is 34.9 Å². The Bertz CT molecular complexity index is 487. The van der Waals surface area contributed by atoms with Gasteiger partial charge in [0.2, 0.25) is 0 Å². The number of likely N-dealkylation sites (tertiary alicyclic amines) is 1. The number of rotatable bonds is 3. The zero-order valence-electron chi connectivity index (χ0n) is 11.9. The SMILES string of the molecule is CC(=O)CC1CCCN1C(=O)c1c(C)cccc1C. The van der Waals surface area contributed by atoms with E-state index in [0.717, 1.165) is 36.1 Å². The maximum absolute atomic E-state index is 12.7. The molecule has 1 aromatic rings. The van der Waals surface area contributed by atoms with Gasteiger partial charge in [-0.1, -0.05) is 18.2 Å². The van der Waals surface area contributed by atoms with Gasteiger partial charge in [-0.2, -0.15) is 0 Å². The van der Waals surface area contributed by atoms with E-state index in [4.69, 9.17) is 0 Å². The highest BCUT2D eigenvalue weighted by atomic mass is 16.2. The Kier molecular flexibility index (Phi) is 4.03. The molecule has 0 aliphatic carbocycles. The highest BCUT2D eigenvalue weighted by Crippen LogP contribution is 2.25. The molecule has 19 heavy (non-hydrogen) atoms. The Morgan fingerprint density at radius 1 is 1.26 bits per heavy atom. The van der Waals surface area contributed by atoms with Crippen LogP contribution in [-0.2, 0) is 4.79 Å². The monoisotopic (exact) mass is 259 g/mol. The highest BCUT2D eigenvalue weighted by molar-refractivity contribution is 5.97. The fourth-order valence-corrected chi connectivity index (χ4v) is 2.94. The van der Waals surface area contributed by atoms with Gasteiger partial charge in [0, 0.05) is 24.6 Å². The number of Topliss-reactive ketones (excluding diaryl/α,β-unsaturated/α-hetero) is 1. The van der Waals surface area contributed by atoms with Gasteiger partial charge in [0.15, 0.2) is 0 Å². The van der Waals surface area contributed by atoms with Crippen molar-refractivity contribution in [1.82, 2.24) is 4.90 Å². The van der Waals surface area contributed by atoms with E-state index in [2.05, 4.69) is 0 Å². The van der Waals surface area contributed by atoms with Crippen LogP contribution >= 0.6 is 0 Å². The molecule has 1 atom stereocenters. The molecule has 1 unspecified atom stereocenters. The van der Waals surface area contributed by atoms with Crippen molar-refractivity contribution < 1.29 is 9.59 Å². The summed E-state index contributed by atoms with van der Waals surface area (Å²) in [6.45, 7) is 6.30. The second kappa shape index (κ2) is 5.55. The van der Waals surface area contributed by atoms with Gasteiger partial charge in [0.25, 0.3) is 5.91 Å². The first kappa shape index (κ1) is 13.8. The standard InChI is InChI=1S/C16H21NO2/c1-11-6-4-7-12(2)15(11)16(19)17-9-5-8-14(17)10-13(3)18/h4,6-7,14H,5,8-10H2,1-3H3. The number of hydrogen-bond donors (Lipinski definition) is 0. The molecule has 102 valence electrons. The Labute approximate surface area is 114 Å². The summed E-state index contributed by atoms with van der Waals surface area (Å²) >= 11 is 0. The maximum atomic E-state index is 12.7. The van der Waals surface area contributed by atoms with Gasteiger partial charge in [-0.25, -0.2) is 0 Å². The normalized spacial score (nSPS) is 18.7. The second-order valence-electron chi connectivity index (χ2n) is 5.47. The molecule has 3 nitrogen and oxygen atoms in total. The minimum Gasteiger partial charge on any atom is -0.335 e. The summed E-state index contributed by atoms with van der Waals surface area (Å²) in [4.78, 5) is 25.9. The molecule has 0 aromatic heterocycles. The molecule has 0 radical (unpaired) electrons. The third-order valence-corrected chi connectivity index (χ3v) is 3.86. The number of nitrogens with zero attached hydrogens (tertiary/aromatic N) is 1. The topological polar surface area (TPSA) is 37.4 Å². The number of ketones is 1. The smallest absolute Gasteiger partial charge is 0.254 e. The van der Waals surface area contributed by atoms with Crippen LogP contribution in [0.1, 0.15) is 47.7 Å². The lowest BCUT2D eigenvalue weighted by Gasteiger charge is -2.25. The number of benzene rings is 1. The van der Waals surface area contributed by atoms with Crippen molar-refractivity contribution in [3.8, 4) is 0 Å². The van der Waals surface area contributed by atoms with Gasteiger partial charge < -0.3 is 4.90 Å². The van der Waals surface area contributed by atoms with Crippen LogP contribution in [-0.4, -0.2) is 29.2 Å². The molecule has 1 aromatic carbocycles. The molecule has 0 saturated carbocycles. The molecule has 2 rings (SSSR count). The van der Waals surface area contributed by atoms with Crippen LogP contribution in [0, 0.1) is 13.8 Å². The van der Waals surface area contributed by atoms with E-state index in [-0.39, 0.29) is 17.7 Å². The van der Waals surface area contributed by atoms with E-state index in [1.165, 1.54) is 0 Å². The molecule has 0 spiro atoms. The average molecular weight is 259 g/mol. The predicted octanol–water partition coefficient (Wildman–Crippen LogP) is 2.89. The van der Waals surface area contributed by atoms with Gasteiger partial charge in [-0.15, -0.1) is 0 Å². The predicted molar refractivity (Wildman–Crippen MR) is 75.3 cm³/mol. The minimum absolute atomic E-state index is 0.0827. The van der Waals surface area contributed by atoms with Crippen molar-refractivity contribution in [2.75, 3.05) is 6.54 Å². The third kappa shape index (κ3) is 2.86. The molecule has 3 heteroatoms. The summed E-state index contributed by atoms with van der Waals surface area (Å²) < 4.78 is 0. The van der Waals surface area contributed by atoms with E-state index >= 15 is 0 Å². The molecule has 1 amide bonds. The summed E-state index contributed by atoms with van der Waals surface area (Å²) in [6.07, 6.45) is 2.42. The lowest BCUT2D eigenvalue weighted by Crippen LogP contribution is -2.37. The number of hydrogen-bond acceptors (Lipinski definition) is 2. The zero-order valence-corrected chi connectivity index (χ0v) is 11.9. The van der Waals surface area contributed by atoms with Crippen LogP contribution in [0.25, 0.3) is 0 Å². The number of carbonyl (C=O) groups is 2. The van der Waals surface area contributed by atoms with E-state index in [1.54, 1.807) is 6.92 Å². The van der Waals surface area contributed by atoms with Crippen LogP contribution in [0.5, 0.6) is 0 Å². The Hall–Kier alpha value is -1.64. The van der Waals surface area contributed by atoms with Gasteiger partial charge >= 0.3 is 0 Å². The summed E-state index contributed by atoms with van der Waals surface area (Å²) in [5.41, 5.74) is 2.83. The number of carbonyl (C=O) groups excluding carboxylic acids is 2. The third-order valence-electron chi connectivity index (χ3n) is 3.86. The first-order valence-electron chi connectivity index (χ1n) is 6.87. The molecule has 0 N–H and O–H groups in total. The van der Waals surface area contributed by atoms with Crippen LogP contribution in [0.15, 0.2) is 18.2 Å². The molecule has 1 aliphatic heterocycles. The molecular weight excluding hydrogens is 238 g/mol. The summed E-state index contributed by atoms with van der Waals surface area (Å²) in [5.74, 6) is 0.241. The molecule has 1 fully saturated rings. The summed E-state index contributed by atoms with van der Waals surface area (Å²) in [6, 6.07) is 5.99. The van der Waals surface area contributed by atoms with Crippen LogP contribution < -0.4 is 0 Å². The Balaban J connectivity index is 2.26.